The van der Waals surface area contributed by atoms with Gasteiger partial charge in [0.1, 0.15) is 0 Å². The van der Waals surface area contributed by atoms with E-state index >= 15 is 0 Å². The van der Waals surface area contributed by atoms with Crippen molar-refractivity contribution in [3.05, 3.63) is 58.1 Å². The molecule has 2 aromatic rings. The molecule has 0 unspecified atom stereocenters. The third-order valence-corrected chi connectivity index (χ3v) is 4.56. The molecule has 25 heavy (non-hydrogen) atoms. The minimum atomic E-state index is 0.0213. The SMILES string of the molecule is CCN(CC)C(=O)c1ccc(NC(=S)Nc2ccc(Cl)c(Cl)c2)cc1. The van der Waals surface area contributed by atoms with Crippen LogP contribution >= 0.6 is 35.4 Å². The van der Waals surface area contributed by atoms with Crippen LogP contribution in [0.15, 0.2) is 42.5 Å². The van der Waals surface area contributed by atoms with Crippen LogP contribution in [0.4, 0.5) is 11.4 Å². The van der Waals surface area contributed by atoms with Gasteiger partial charge in [0.2, 0.25) is 0 Å². The average Bonchev–Trinajstić information content (AvgIpc) is 2.59. The van der Waals surface area contributed by atoms with Crippen LogP contribution in [0.5, 0.6) is 0 Å². The Kier molecular flexibility index (Phi) is 7.05. The number of hydrogen-bond acceptors (Lipinski definition) is 2. The van der Waals surface area contributed by atoms with Gasteiger partial charge in [0.05, 0.1) is 10.0 Å². The first kappa shape index (κ1) is 19.5. The lowest BCUT2D eigenvalue weighted by molar-refractivity contribution is 0.0773. The number of nitrogens with one attached hydrogen (secondary N) is 2. The van der Waals surface area contributed by atoms with E-state index in [1.165, 1.54) is 0 Å². The van der Waals surface area contributed by atoms with Crippen LogP contribution in [0, 0.1) is 0 Å². The van der Waals surface area contributed by atoms with E-state index in [4.69, 9.17) is 35.4 Å². The summed E-state index contributed by atoms with van der Waals surface area (Å²) < 4.78 is 0. The highest BCUT2D eigenvalue weighted by molar-refractivity contribution is 7.80. The van der Waals surface area contributed by atoms with E-state index in [1.54, 1.807) is 35.2 Å². The van der Waals surface area contributed by atoms with Gasteiger partial charge in [-0.1, -0.05) is 23.2 Å². The van der Waals surface area contributed by atoms with Gasteiger partial charge in [-0.3, -0.25) is 4.79 Å². The summed E-state index contributed by atoms with van der Waals surface area (Å²) in [4.78, 5) is 14.1. The first-order valence-corrected chi connectivity index (χ1v) is 9.03. The van der Waals surface area contributed by atoms with Crippen molar-refractivity contribution in [1.29, 1.82) is 0 Å². The molecule has 1 amide bonds. The molecule has 132 valence electrons. The molecule has 0 aliphatic rings. The van der Waals surface area contributed by atoms with Crippen molar-refractivity contribution in [3.8, 4) is 0 Å². The second kappa shape index (κ2) is 9.04. The van der Waals surface area contributed by atoms with Crippen molar-refractivity contribution < 1.29 is 4.79 Å². The molecule has 2 N–H and O–H groups in total. The first-order valence-electron chi connectivity index (χ1n) is 7.87. The van der Waals surface area contributed by atoms with E-state index in [0.717, 1.165) is 11.4 Å². The van der Waals surface area contributed by atoms with Gasteiger partial charge in [-0.25, -0.2) is 0 Å². The minimum Gasteiger partial charge on any atom is -0.339 e. The van der Waals surface area contributed by atoms with E-state index < -0.39 is 0 Å². The topological polar surface area (TPSA) is 44.4 Å². The molecule has 0 saturated carbocycles. The summed E-state index contributed by atoms with van der Waals surface area (Å²) in [6.45, 7) is 5.30. The number of halogens is 2. The molecule has 0 spiro atoms. The maximum absolute atomic E-state index is 12.3. The number of carbonyl (C=O) groups is 1. The molecule has 0 atom stereocenters. The Balaban J connectivity index is 1.99. The highest BCUT2D eigenvalue weighted by Crippen LogP contribution is 2.25. The molecule has 0 radical (unpaired) electrons. The van der Waals surface area contributed by atoms with Gasteiger partial charge in [-0.15, -0.1) is 0 Å². The minimum absolute atomic E-state index is 0.0213. The van der Waals surface area contributed by atoms with Crippen LogP contribution in [0.1, 0.15) is 24.2 Å². The third-order valence-electron chi connectivity index (χ3n) is 3.62. The summed E-state index contributed by atoms with van der Waals surface area (Å²) in [5, 5.41) is 7.46. The molecule has 2 rings (SSSR count). The largest absolute Gasteiger partial charge is 0.339 e. The van der Waals surface area contributed by atoms with Crippen LogP contribution in [0.25, 0.3) is 0 Å². The molecule has 0 bridgehead atoms. The Morgan fingerprint density at radius 1 is 0.960 bits per heavy atom. The zero-order chi connectivity index (χ0) is 18.4. The van der Waals surface area contributed by atoms with Gasteiger partial charge in [-0.2, -0.15) is 0 Å². The Morgan fingerprint density at radius 3 is 2.08 bits per heavy atom. The maximum Gasteiger partial charge on any atom is 0.253 e. The summed E-state index contributed by atoms with van der Waals surface area (Å²) in [6, 6.07) is 12.4. The summed E-state index contributed by atoms with van der Waals surface area (Å²) in [5.74, 6) is 0.0213. The molecule has 0 fully saturated rings. The number of anilines is 2. The fraction of sp³-hybridized carbons (Fsp3) is 0.222. The summed E-state index contributed by atoms with van der Waals surface area (Å²) >= 11 is 17.2. The van der Waals surface area contributed by atoms with Crippen molar-refractivity contribution >= 4 is 57.8 Å². The molecular formula is C18H19Cl2N3OS. The number of carbonyl (C=O) groups excluding carboxylic acids is 1. The number of rotatable bonds is 5. The van der Waals surface area contributed by atoms with Crippen molar-refractivity contribution in [2.75, 3.05) is 23.7 Å². The van der Waals surface area contributed by atoms with E-state index in [0.29, 0.717) is 33.8 Å². The van der Waals surface area contributed by atoms with Gasteiger partial charge < -0.3 is 15.5 Å². The predicted octanol–water partition coefficient (Wildman–Crippen LogP) is 5.28. The monoisotopic (exact) mass is 395 g/mol. The molecule has 0 aliphatic carbocycles. The highest BCUT2D eigenvalue weighted by Gasteiger charge is 2.12. The highest BCUT2D eigenvalue weighted by atomic mass is 35.5. The summed E-state index contributed by atoms with van der Waals surface area (Å²) in [6.07, 6.45) is 0. The van der Waals surface area contributed by atoms with Crippen LogP contribution in [-0.2, 0) is 0 Å². The number of benzene rings is 2. The molecule has 7 heteroatoms. The van der Waals surface area contributed by atoms with Gasteiger partial charge in [0, 0.05) is 30.0 Å². The lowest BCUT2D eigenvalue weighted by Gasteiger charge is -2.18. The molecule has 2 aromatic carbocycles. The zero-order valence-corrected chi connectivity index (χ0v) is 16.3. The van der Waals surface area contributed by atoms with Gasteiger partial charge in [0.15, 0.2) is 5.11 Å². The van der Waals surface area contributed by atoms with E-state index in [2.05, 4.69) is 10.6 Å². The number of nitrogens with zero attached hydrogens (tertiary/aromatic N) is 1. The molecular weight excluding hydrogens is 377 g/mol. The quantitative estimate of drug-likeness (QED) is 0.675. The van der Waals surface area contributed by atoms with Gasteiger partial charge >= 0.3 is 0 Å². The second-order valence-corrected chi connectivity index (χ2v) is 6.49. The van der Waals surface area contributed by atoms with Crippen molar-refractivity contribution in [3.63, 3.8) is 0 Å². The fourth-order valence-corrected chi connectivity index (χ4v) is 2.79. The molecule has 0 heterocycles. The Hall–Kier alpha value is -1.82. The van der Waals surface area contributed by atoms with Gasteiger partial charge in [-0.05, 0) is 68.5 Å². The number of thiocarbonyl (C=S) groups is 1. The lowest BCUT2D eigenvalue weighted by atomic mass is 10.2. The first-order chi connectivity index (χ1) is 11.9. The lowest BCUT2D eigenvalue weighted by Crippen LogP contribution is -2.30. The Labute approximate surface area is 163 Å². The van der Waals surface area contributed by atoms with E-state index in [9.17, 15) is 4.79 Å². The summed E-state index contributed by atoms with van der Waals surface area (Å²) in [7, 11) is 0. The Morgan fingerprint density at radius 2 is 1.52 bits per heavy atom. The van der Waals surface area contributed by atoms with Crippen molar-refractivity contribution in [2.24, 2.45) is 0 Å². The average molecular weight is 396 g/mol. The Bertz CT molecular complexity index is 761. The number of amides is 1. The van der Waals surface area contributed by atoms with Crippen LogP contribution in [0.2, 0.25) is 10.0 Å². The van der Waals surface area contributed by atoms with Crippen LogP contribution in [0.3, 0.4) is 0 Å². The van der Waals surface area contributed by atoms with Crippen molar-refractivity contribution in [2.45, 2.75) is 13.8 Å². The van der Waals surface area contributed by atoms with E-state index in [-0.39, 0.29) is 5.91 Å². The zero-order valence-electron chi connectivity index (χ0n) is 14.0. The van der Waals surface area contributed by atoms with Crippen molar-refractivity contribution in [1.82, 2.24) is 4.90 Å². The molecule has 0 saturated heterocycles. The van der Waals surface area contributed by atoms with Crippen LogP contribution in [-0.4, -0.2) is 29.0 Å². The number of hydrogen-bond donors (Lipinski definition) is 2. The molecule has 0 aliphatic heterocycles. The normalized spacial score (nSPS) is 10.2. The maximum atomic E-state index is 12.3. The van der Waals surface area contributed by atoms with Gasteiger partial charge in [0.25, 0.3) is 5.91 Å². The fourth-order valence-electron chi connectivity index (χ4n) is 2.26. The smallest absolute Gasteiger partial charge is 0.253 e. The molecule has 0 aromatic heterocycles. The summed E-state index contributed by atoms with van der Waals surface area (Å²) in [5.41, 5.74) is 2.17. The second-order valence-electron chi connectivity index (χ2n) is 5.26. The van der Waals surface area contributed by atoms with E-state index in [1.807, 2.05) is 26.0 Å². The van der Waals surface area contributed by atoms with Crippen LogP contribution < -0.4 is 10.6 Å². The predicted molar refractivity (Wildman–Crippen MR) is 110 cm³/mol. The standard InChI is InChI=1S/C18H19Cl2N3OS/c1-3-23(4-2)17(24)12-5-7-13(8-6-12)21-18(25)22-14-9-10-15(19)16(20)11-14/h5-11H,3-4H2,1-2H3,(H2,21,22,25). The third kappa shape index (κ3) is 5.33. The molecule has 4 nitrogen and oxygen atoms in total.